The molecule has 7 nitrogen and oxygen atoms in total. The van der Waals surface area contributed by atoms with Crippen LogP contribution in [0.2, 0.25) is 0 Å². The number of methoxy groups -OCH3 is 1. The molecule has 0 aliphatic rings. The van der Waals surface area contributed by atoms with Gasteiger partial charge in [-0.1, -0.05) is 24.6 Å². The van der Waals surface area contributed by atoms with Crippen molar-refractivity contribution in [2.75, 3.05) is 7.11 Å². The monoisotopic (exact) mass is 295 g/mol. The quantitative estimate of drug-likeness (QED) is 0.586. The molecule has 116 valence electrons. The standard InChI is InChI=1S/C14H21N3O4/c1-9(2)10(3)6-13(18)21-11(4)12-7-17(16-15-12)8-14(19)20-5/h6-7,9,11H,8H2,1-5H3/b10-6+. The lowest BCUT2D eigenvalue weighted by Crippen LogP contribution is -2.12. The van der Waals surface area contributed by atoms with Crippen LogP contribution in [0.3, 0.4) is 0 Å². The average molecular weight is 295 g/mol. The number of rotatable bonds is 6. The van der Waals surface area contributed by atoms with Crippen LogP contribution in [-0.4, -0.2) is 34.0 Å². The van der Waals surface area contributed by atoms with Crippen LogP contribution in [0.1, 0.15) is 39.5 Å². The molecule has 0 amide bonds. The van der Waals surface area contributed by atoms with E-state index in [4.69, 9.17) is 4.74 Å². The maximum absolute atomic E-state index is 11.7. The summed E-state index contributed by atoms with van der Waals surface area (Å²) in [5, 5.41) is 7.66. The fourth-order valence-corrected chi connectivity index (χ4v) is 1.39. The van der Waals surface area contributed by atoms with Crippen molar-refractivity contribution in [2.45, 2.75) is 40.3 Å². The summed E-state index contributed by atoms with van der Waals surface area (Å²) in [6.07, 6.45) is 2.48. The Morgan fingerprint density at radius 2 is 2.05 bits per heavy atom. The van der Waals surface area contributed by atoms with E-state index in [1.165, 1.54) is 17.9 Å². The van der Waals surface area contributed by atoms with E-state index in [2.05, 4.69) is 15.0 Å². The number of hydrogen-bond acceptors (Lipinski definition) is 6. The van der Waals surface area contributed by atoms with Crippen molar-refractivity contribution in [3.05, 3.63) is 23.5 Å². The van der Waals surface area contributed by atoms with Crippen LogP contribution in [0.5, 0.6) is 0 Å². The Morgan fingerprint density at radius 1 is 1.38 bits per heavy atom. The van der Waals surface area contributed by atoms with Gasteiger partial charge in [0.2, 0.25) is 0 Å². The van der Waals surface area contributed by atoms with Crippen LogP contribution in [0.15, 0.2) is 17.8 Å². The molecule has 21 heavy (non-hydrogen) atoms. The summed E-state index contributed by atoms with van der Waals surface area (Å²) < 4.78 is 11.1. The fourth-order valence-electron chi connectivity index (χ4n) is 1.39. The zero-order valence-corrected chi connectivity index (χ0v) is 13.0. The number of carbonyl (C=O) groups excluding carboxylic acids is 2. The van der Waals surface area contributed by atoms with Gasteiger partial charge in [0.15, 0.2) is 0 Å². The predicted molar refractivity (Wildman–Crippen MR) is 75.1 cm³/mol. The summed E-state index contributed by atoms with van der Waals surface area (Å²) in [6.45, 7) is 7.55. The van der Waals surface area contributed by atoms with Crippen LogP contribution in [0, 0.1) is 5.92 Å². The Bertz CT molecular complexity index is 534. The average Bonchev–Trinajstić information content (AvgIpc) is 2.86. The minimum atomic E-state index is -0.542. The first-order chi connectivity index (χ1) is 9.83. The zero-order chi connectivity index (χ0) is 16.0. The highest BCUT2D eigenvalue weighted by Crippen LogP contribution is 2.15. The number of allylic oxidation sites excluding steroid dienone is 1. The van der Waals surface area contributed by atoms with Crippen LogP contribution >= 0.6 is 0 Å². The van der Waals surface area contributed by atoms with Crippen LogP contribution in [0.25, 0.3) is 0 Å². The Morgan fingerprint density at radius 3 is 2.62 bits per heavy atom. The largest absolute Gasteiger partial charge is 0.468 e. The van der Waals surface area contributed by atoms with Gasteiger partial charge < -0.3 is 9.47 Å². The van der Waals surface area contributed by atoms with Crippen molar-refractivity contribution in [2.24, 2.45) is 5.92 Å². The van der Waals surface area contributed by atoms with E-state index in [1.807, 2.05) is 20.8 Å². The van der Waals surface area contributed by atoms with Crippen molar-refractivity contribution in [3.63, 3.8) is 0 Å². The molecule has 0 saturated carbocycles. The summed E-state index contributed by atoms with van der Waals surface area (Å²) in [4.78, 5) is 22.9. The number of aromatic nitrogens is 3. The van der Waals surface area contributed by atoms with Crippen LogP contribution in [0.4, 0.5) is 0 Å². The van der Waals surface area contributed by atoms with Gasteiger partial charge in [0.05, 0.1) is 13.3 Å². The minimum Gasteiger partial charge on any atom is -0.468 e. The van der Waals surface area contributed by atoms with Crippen molar-refractivity contribution < 1.29 is 19.1 Å². The lowest BCUT2D eigenvalue weighted by Gasteiger charge is -2.10. The van der Waals surface area contributed by atoms with E-state index in [0.717, 1.165) is 5.57 Å². The summed E-state index contributed by atoms with van der Waals surface area (Å²) in [5.41, 5.74) is 1.42. The molecule has 0 bridgehead atoms. The van der Waals surface area contributed by atoms with Gasteiger partial charge in [-0.15, -0.1) is 5.10 Å². The second-order valence-electron chi connectivity index (χ2n) is 5.04. The Kier molecular flexibility index (Phi) is 6.08. The zero-order valence-electron chi connectivity index (χ0n) is 13.0. The highest BCUT2D eigenvalue weighted by molar-refractivity contribution is 5.82. The SMILES string of the molecule is COC(=O)Cn1cc(C(C)OC(=O)/C=C(\C)C(C)C)nn1. The van der Waals surface area contributed by atoms with Gasteiger partial charge in [-0.2, -0.15) is 0 Å². The topological polar surface area (TPSA) is 83.3 Å². The second kappa shape index (κ2) is 7.56. The fraction of sp³-hybridized carbons (Fsp3) is 0.571. The summed E-state index contributed by atoms with van der Waals surface area (Å²) in [6, 6.07) is 0. The van der Waals surface area contributed by atoms with Crippen LogP contribution in [-0.2, 0) is 25.6 Å². The van der Waals surface area contributed by atoms with Crippen molar-refractivity contribution in [1.82, 2.24) is 15.0 Å². The molecule has 7 heteroatoms. The van der Waals surface area contributed by atoms with Gasteiger partial charge in [-0.3, -0.25) is 4.79 Å². The van der Waals surface area contributed by atoms with Crippen molar-refractivity contribution in [3.8, 4) is 0 Å². The van der Waals surface area contributed by atoms with Gasteiger partial charge >= 0.3 is 11.9 Å². The number of hydrogen-bond donors (Lipinski definition) is 0. The molecule has 1 rings (SSSR count). The molecule has 0 aliphatic heterocycles. The predicted octanol–water partition coefficient (Wildman–Crippen LogP) is 1.66. The van der Waals surface area contributed by atoms with Gasteiger partial charge in [0.1, 0.15) is 18.3 Å². The number of esters is 2. The Balaban J connectivity index is 2.64. The maximum Gasteiger partial charge on any atom is 0.331 e. The molecule has 0 aromatic carbocycles. The third kappa shape index (κ3) is 5.37. The smallest absolute Gasteiger partial charge is 0.331 e. The maximum atomic E-state index is 11.7. The van der Waals surface area contributed by atoms with E-state index in [-0.39, 0.29) is 12.5 Å². The summed E-state index contributed by atoms with van der Waals surface area (Å²) >= 11 is 0. The first-order valence-corrected chi connectivity index (χ1v) is 6.69. The number of nitrogens with zero attached hydrogens (tertiary/aromatic N) is 3. The molecule has 0 N–H and O–H groups in total. The third-order valence-electron chi connectivity index (χ3n) is 3.04. The molecule has 1 aromatic heterocycles. The molecule has 1 aromatic rings. The molecule has 1 heterocycles. The molecule has 0 fully saturated rings. The highest BCUT2D eigenvalue weighted by Gasteiger charge is 2.15. The molecular weight excluding hydrogens is 274 g/mol. The van der Waals surface area contributed by atoms with E-state index in [9.17, 15) is 9.59 Å². The van der Waals surface area contributed by atoms with E-state index < -0.39 is 18.0 Å². The second-order valence-corrected chi connectivity index (χ2v) is 5.04. The minimum absolute atomic E-state index is 0.0312. The molecule has 1 unspecified atom stereocenters. The van der Waals surface area contributed by atoms with Gasteiger partial charge in [0, 0.05) is 6.08 Å². The summed E-state index contributed by atoms with van der Waals surface area (Å²) in [5.74, 6) is -0.559. The van der Waals surface area contributed by atoms with Crippen LogP contribution < -0.4 is 0 Å². The lowest BCUT2D eigenvalue weighted by atomic mass is 10.1. The Hall–Kier alpha value is -2.18. The molecule has 0 aliphatic carbocycles. The van der Waals surface area contributed by atoms with E-state index >= 15 is 0 Å². The van der Waals surface area contributed by atoms with Gasteiger partial charge in [-0.25, -0.2) is 9.48 Å². The molecule has 0 spiro atoms. The van der Waals surface area contributed by atoms with Gasteiger partial charge in [0.25, 0.3) is 0 Å². The first-order valence-electron chi connectivity index (χ1n) is 6.69. The number of ether oxygens (including phenoxy) is 2. The van der Waals surface area contributed by atoms with E-state index in [0.29, 0.717) is 5.69 Å². The molecule has 1 atom stereocenters. The Labute approximate surface area is 123 Å². The van der Waals surface area contributed by atoms with E-state index in [1.54, 1.807) is 13.1 Å². The van der Waals surface area contributed by atoms with Gasteiger partial charge in [-0.05, 0) is 19.8 Å². The number of carbonyl (C=O) groups is 2. The third-order valence-corrected chi connectivity index (χ3v) is 3.04. The molecule has 0 radical (unpaired) electrons. The molecule has 0 saturated heterocycles. The lowest BCUT2D eigenvalue weighted by molar-refractivity contribution is -0.143. The first kappa shape index (κ1) is 16.9. The summed E-state index contributed by atoms with van der Waals surface area (Å²) in [7, 11) is 1.30. The molecular formula is C14H21N3O4. The van der Waals surface area contributed by atoms with Crippen molar-refractivity contribution in [1.29, 1.82) is 0 Å². The van der Waals surface area contributed by atoms with Crippen molar-refractivity contribution >= 4 is 11.9 Å². The highest BCUT2D eigenvalue weighted by atomic mass is 16.5. The normalized spacial score (nSPS) is 13.1.